The van der Waals surface area contributed by atoms with Crippen molar-refractivity contribution in [2.24, 2.45) is 5.41 Å². The lowest BCUT2D eigenvalue weighted by atomic mass is 9.92. The van der Waals surface area contributed by atoms with Crippen LogP contribution >= 0.6 is 0 Å². The van der Waals surface area contributed by atoms with Crippen LogP contribution in [0.5, 0.6) is 5.75 Å². The Hall–Kier alpha value is -2.62. The van der Waals surface area contributed by atoms with Crippen molar-refractivity contribution in [3.8, 4) is 23.2 Å². The average molecular weight is 287 g/mol. The number of aromatic nitrogens is 4. The molecule has 0 unspecified atom stereocenters. The Labute approximate surface area is 121 Å². The zero-order valence-electron chi connectivity index (χ0n) is 12.2. The molecule has 2 rings (SSSR count). The highest BCUT2D eigenvalue weighted by Crippen LogP contribution is 2.26. The van der Waals surface area contributed by atoms with Gasteiger partial charge in [0.05, 0.1) is 0 Å². The minimum atomic E-state index is -0.585. The first-order valence-electron chi connectivity index (χ1n) is 6.58. The highest BCUT2D eigenvalue weighted by atomic mass is 16.3. The van der Waals surface area contributed by atoms with E-state index in [4.69, 9.17) is 5.26 Å². The molecule has 0 aliphatic heterocycles. The Morgan fingerprint density at radius 2 is 2.19 bits per heavy atom. The fraction of sp³-hybridized carbons (Fsp3) is 0.429. The van der Waals surface area contributed by atoms with Gasteiger partial charge in [0.1, 0.15) is 11.8 Å². The van der Waals surface area contributed by atoms with Crippen molar-refractivity contribution in [1.82, 2.24) is 20.0 Å². The average Bonchev–Trinajstić information content (AvgIpc) is 2.91. The van der Waals surface area contributed by atoms with Crippen molar-refractivity contribution < 1.29 is 5.11 Å². The summed E-state index contributed by atoms with van der Waals surface area (Å²) < 4.78 is 1.22. The van der Waals surface area contributed by atoms with E-state index >= 15 is 0 Å². The maximum Gasteiger partial charge on any atom is 0.288 e. The standard InChI is InChI=1S/C14H17N5O2/c1-14(2,3)5-7-19-13(21)9(8-15)12(20)11(18-19)10-4-6-16-17-10/h4,6,20H,5,7H2,1-3H3,(H,16,17). The van der Waals surface area contributed by atoms with Crippen molar-refractivity contribution in [1.29, 1.82) is 5.26 Å². The summed E-state index contributed by atoms with van der Waals surface area (Å²) in [5.41, 5.74) is -0.358. The van der Waals surface area contributed by atoms with Crippen molar-refractivity contribution >= 4 is 0 Å². The van der Waals surface area contributed by atoms with Crippen LogP contribution in [-0.2, 0) is 6.54 Å². The van der Waals surface area contributed by atoms with E-state index in [1.807, 2.05) is 0 Å². The van der Waals surface area contributed by atoms with Crippen LogP contribution in [0.1, 0.15) is 32.8 Å². The van der Waals surface area contributed by atoms with E-state index in [1.165, 1.54) is 4.68 Å². The quantitative estimate of drug-likeness (QED) is 0.892. The SMILES string of the molecule is CC(C)(C)CCn1nc(-c2cc[nH]n2)c(O)c(C#N)c1=O. The first-order chi connectivity index (χ1) is 9.83. The molecule has 2 heterocycles. The van der Waals surface area contributed by atoms with E-state index in [0.717, 1.165) is 6.42 Å². The summed E-state index contributed by atoms with van der Waals surface area (Å²) in [7, 11) is 0. The summed E-state index contributed by atoms with van der Waals surface area (Å²) in [5, 5.41) is 29.8. The number of aromatic hydroxyl groups is 1. The lowest BCUT2D eigenvalue weighted by molar-refractivity contribution is 0.335. The Morgan fingerprint density at radius 1 is 1.48 bits per heavy atom. The molecule has 0 atom stereocenters. The molecule has 0 spiro atoms. The van der Waals surface area contributed by atoms with Gasteiger partial charge in [-0.15, -0.1) is 0 Å². The van der Waals surface area contributed by atoms with Crippen molar-refractivity contribution in [3.63, 3.8) is 0 Å². The first-order valence-corrected chi connectivity index (χ1v) is 6.58. The lowest BCUT2D eigenvalue weighted by Crippen LogP contribution is -2.27. The smallest absolute Gasteiger partial charge is 0.288 e. The summed E-state index contributed by atoms with van der Waals surface area (Å²) in [6, 6.07) is 3.35. The maximum absolute atomic E-state index is 12.1. The first kappa shape index (κ1) is 14.8. The van der Waals surface area contributed by atoms with E-state index in [0.29, 0.717) is 12.2 Å². The molecule has 0 saturated heterocycles. The van der Waals surface area contributed by atoms with Crippen LogP contribution in [0.15, 0.2) is 17.1 Å². The molecule has 2 aromatic heterocycles. The van der Waals surface area contributed by atoms with Gasteiger partial charge in [0.25, 0.3) is 5.56 Å². The van der Waals surface area contributed by atoms with Gasteiger partial charge in [-0.1, -0.05) is 20.8 Å². The third kappa shape index (κ3) is 3.11. The second-order valence-corrected chi connectivity index (χ2v) is 5.98. The number of rotatable bonds is 3. The summed E-state index contributed by atoms with van der Waals surface area (Å²) >= 11 is 0. The minimum Gasteiger partial charge on any atom is -0.504 e. The largest absolute Gasteiger partial charge is 0.504 e. The molecule has 0 aliphatic rings. The normalized spacial score (nSPS) is 11.3. The molecule has 2 aromatic rings. The second-order valence-electron chi connectivity index (χ2n) is 5.98. The molecule has 0 saturated carbocycles. The lowest BCUT2D eigenvalue weighted by Gasteiger charge is -2.18. The van der Waals surface area contributed by atoms with E-state index < -0.39 is 11.3 Å². The number of nitrogens with zero attached hydrogens (tertiary/aromatic N) is 4. The molecule has 0 bridgehead atoms. The molecule has 2 N–H and O–H groups in total. The van der Waals surface area contributed by atoms with Crippen LogP contribution in [0.25, 0.3) is 11.4 Å². The van der Waals surface area contributed by atoms with Crippen LogP contribution in [0.2, 0.25) is 0 Å². The number of H-pyrrole nitrogens is 1. The van der Waals surface area contributed by atoms with Crippen LogP contribution in [0.4, 0.5) is 0 Å². The summed E-state index contributed by atoms with van der Waals surface area (Å²) in [5.74, 6) is -0.429. The Balaban J connectivity index is 2.54. The number of hydrogen-bond acceptors (Lipinski definition) is 5. The van der Waals surface area contributed by atoms with Crippen molar-refractivity contribution in [3.05, 3.63) is 28.2 Å². The topological polar surface area (TPSA) is 108 Å². The van der Waals surface area contributed by atoms with Crippen LogP contribution in [-0.4, -0.2) is 25.1 Å². The van der Waals surface area contributed by atoms with Crippen molar-refractivity contribution in [2.45, 2.75) is 33.7 Å². The predicted octanol–water partition coefficient (Wildman–Crippen LogP) is 1.65. The van der Waals surface area contributed by atoms with E-state index in [1.54, 1.807) is 18.3 Å². The number of nitrogens with one attached hydrogen (secondary N) is 1. The highest BCUT2D eigenvalue weighted by molar-refractivity contribution is 5.64. The number of hydrogen-bond donors (Lipinski definition) is 2. The van der Waals surface area contributed by atoms with E-state index in [9.17, 15) is 9.90 Å². The van der Waals surface area contributed by atoms with Crippen molar-refractivity contribution in [2.75, 3.05) is 0 Å². The number of aromatic amines is 1. The fourth-order valence-electron chi connectivity index (χ4n) is 1.82. The third-order valence-electron chi connectivity index (χ3n) is 3.06. The summed E-state index contributed by atoms with van der Waals surface area (Å²) in [6.07, 6.45) is 2.29. The van der Waals surface area contributed by atoms with Gasteiger partial charge in [-0.3, -0.25) is 9.89 Å². The van der Waals surface area contributed by atoms with Gasteiger partial charge in [0.15, 0.2) is 17.0 Å². The molecule has 0 fully saturated rings. The van der Waals surface area contributed by atoms with Gasteiger partial charge >= 0.3 is 0 Å². The zero-order valence-corrected chi connectivity index (χ0v) is 12.2. The fourth-order valence-corrected chi connectivity index (χ4v) is 1.82. The van der Waals surface area contributed by atoms with Gasteiger partial charge in [0.2, 0.25) is 0 Å². The van der Waals surface area contributed by atoms with Gasteiger partial charge in [0, 0.05) is 12.7 Å². The third-order valence-corrected chi connectivity index (χ3v) is 3.06. The maximum atomic E-state index is 12.1. The van der Waals surface area contributed by atoms with Crippen LogP contribution in [0.3, 0.4) is 0 Å². The molecule has 0 amide bonds. The molecule has 0 radical (unpaired) electrons. The van der Waals surface area contributed by atoms with Crippen LogP contribution < -0.4 is 5.56 Å². The molecule has 110 valence electrons. The molecular weight excluding hydrogens is 270 g/mol. The molecule has 7 nitrogen and oxygen atoms in total. The number of nitriles is 1. The Bertz CT molecular complexity index is 732. The minimum absolute atomic E-state index is 0.0261. The van der Waals surface area contributed by atoms with Crippen LogP contribution in [0, 0.1) is 16.7 Å². The van der Waals surface area contributed by atoms with Gasteiger partial charge in [-0.2, -0.15) is 15.5 Å². The van der Waals surface area contributed by atoms with Gasteiger partial charge < -0.3 is 5.11 Å². The summed E-state index contributed by atoms with van der Waals surface area (Å²) in [6.45, 7) is 6.53. The molecule has 0 aromatic carbocycles. The number of aryl methyl sites for hydroxylation is 1. The van der Waals surface area contributed by atoms with E-state index in [2.05, 4.69) is 36.1 Å². The second kappa shape index (κ2) is 5.40. The molecule has 21 heavy (non-hydrogen) atoms. The van der Waals surface area contributed by atoms with Gasteiger partial charge in [-0.25, -0.2) is 4.68 Å². The zero-order chi connectivity index (χ0) is 15.6. The molecule has 0 aliphatic carbocycles. The molecule has 7 heteroatoms. The predicted molar refractivity (Wildman–Crippen MR) is 76.5 cm³/mol. The Morgan fingerprint density at radius 3 is 2.71 bits per heavy atom. The summed E-state index contributed by atoms with van der Waals surface area (Å²) in [4.78, 5) is 12.1. The van der Waals surface area contributed by atoms with E-state index in [-0.39, 0.29) is 16.7 Å². The highest BCUT2D eigenvalue weighted by Gasteiger charge is 2.20. The molecular formula is C14H17N5O2. The van der Waals surface area contributed by atoms with Gasteiger partial charge in [-0.05, 0) is 17.9 Å². The Kier molecular flexibility index (Phi) is 3.80. The monoisotopic (exact) mass is 287 g/mol.